The average Bonchev–Trinajstić information content (AvgIpc) is 1.87. The third kappa shape index (κ3) is 4.56. The highest BCUT2D eigenvalue weighted by Gasteiger charge is 2.25. The molecule has 0 heterocycles. The summed E-state index contributed by atoms with van der Waals surface area (Å²) in [6.07, 6.45) is 0. The van der Waals surface area contributed by atoms with E-state index in [-0.39, 0.29) is 6.61 Å². The first-order valence-corrected chi connectivity index (χ1v) is 7.58. The van der Waals surface area contributed by atoms with Gasteiger partial charge in [-0.25, -0.2) is 0 Å². The van der Waals surface area contributed by atoms with Crippen molar-refractivity contribution >= 4 is 8.07 Å². The van der Waals surface area contributed by atoms with Crippen molar-refractivity contribution in [1.29, 1.82) is 0 Å². The van der Waals surface area contributed by atoms with Gasteiger partial charge in [0, 0.05) is 25.4 Å². The molecule has 0 saturated heterocycles. The van der Waals surface area contributed by atoms with E-state index in [0.717, 1.165) is 0 Å². The summed E-state index contributed by atoms with van der Waals surface area (Å²) in [6.45, 7) is 11.7. The molecule has 0 amide bonds. The van der Waals surface area contributed by atoms with Gasteiger partial charge in [-0.1, -0.05) is 19.6 Å². The molecule has 0 saturated carbocycles. The van der Waals surface area contributed by atoms with E-state index in [1.54, 1.807) is 0 Å². The molecule has 0 aliphatic rings. The fourth-order valence-electron chi connectivity index (χ4n) is 0.802. The van der Waals surface area contributed by atoms with Gasteiger partial charge in [0.1, 0.15) is 0 Å². The summed E-state index contributed by atoms with van der Waals surface area (Å²) >= 11 is 0. The van der Waals surface area contributed by atoms with Crippen LogP contribution in [-0.2, 0) is 4.74 Å². The van der Waals surface area contributed by atoms with Crippen LogP contribution >= 0.6 is 0 Å². The van der Waals surface area contributed by atoms with E-state index >= 15 is 0 Å². The van der Waals surface area contributed by atoms with E-state index in [0.29, 0.717) is 18.8 Å². The number of aliphatic hydroxyl groups is 1. The van der Waals surface area contributed by atoms with Crippen LogP contribution in [0.1, 0.15) is 0 Å². The van der Waals surface area contributed by atoms with Gasteiger partial charge in [0.15, 0.2) is 0 Å². The summed E-state index contributed by atoms with van der Waals surface area (Å²) in [7, 11) is -1.23. The number of ether oxygens (including phenoxy) is 1. The molecular formula is C8H19O2Si. The molecule has 0 aromatic heterocycles. The van der Waals surface area contributed by atoms with Crippen LogP contribution in [0.15, 0.2) is 0 Å². The van der Waals surface area contributed by atoms with Crippen LogP contribution in [0.4, 0.5) is 0 Å². The van der Waals surface area contributed by atoms with Gasteiger partial charge in [0.2, 0.25) is 0 Å². The van der Waals surface area contributed by atoms with E-state index in [1.807, 2.05) is 0 Å². The van der Waals surface area contributed by atoms with Crippen molar-refractivity contribution in [3.63, 3.8) is 0 Å². The van der Waals surface area contributed by atoms with Crippen molar-refractivity contribution in [2.24, 2.45) is 0 Å². The Morgan fingerprint density at radius 3 is 2.27 bits per heavy atom. The maximum atomic E-state index is 9.02. The Morgan fingerprint density at radius 1 is 1.45 bits per heavy atom. The normalized spacial score (nSPS) is 15.0. The number of hydrogen-bond acceptors (Lipinski definition) is 2. The molecule has 67 valence electrons. The summed E-state index contributed by atoms with van der Waals surface area (Å²) in [5.41, 5.74) is 0.351. The molecule has 0 fully saturated rings. The minimum Gasteiger partial charge on any atom is -0.396 e. The lowest BCUT2D eigenvalue weighted by molar-refractivity contribution is 0.135. The first-order chi connectivity index (χ1) is 5.02. The van der Waals surface area contributed by atoms with Crippen molar-refractivity contribution in [1.82, 2.24) is 0 Å². The quantitative estimate of drug-likeness (QED) is 0.642. The van der Waals surface area contributed by atoms with Gasteiger partial charge in [-0.15, -0.1) is 0 Å². The molecular weight excluding hydrogens is 156 g/mol. The maximum absolute atomic E-state index is 9.02. The molecule has 1 atom stereocenters. The molecule has 0 aromatic carbocycles. The second-order valence-corrected chi connectivity index (χ2v) is 9.37. The van der Waals surface area contributed by atoms with Crippen LogP contribution in [0.5, 0.6) is 0 Å². The van der Waals surface area contributed by atoms with E-state index in [9.17, 15) is 0 Å². The average molecular weight is 175 g/mol. The van der Waals surface area contributed by atoms with Crippen molar-refractivity contribution in [2.75, 3.05) is 19.8 Å². The number of hydrogen-bond donors (Lipinski definition) is 1. The van der Waals surface area contributed by atoms with E-state index in [2.05, 4.69) is 26.6 Å². The lowest BCUT2D eigenvalue weighted by Crippen LogP contribution is -2.33. The highest BCUT2D eigenvalue weighted by atomic mass is 28.3. The molecule has 0 aliphatic carbocycles. The van der Waals surface area contributed by atoms with Crippen LogP contribution in [-0.4, -0.2) is 33.0 Å². The van der Waals surface area contributed by atoms with Crippen molar-refractivity contribution < 1.29 is 9.84 Å². The van der Waals surface area contributed by atoms with Gasteiger partial charge in [-0.2, -0.15) is 0 Å². The third-order valence-electron chi connectivity index (χ3n) is 1.91. The van der Waals surface area contributed by atoms with E-state index in [1.165, 1.54) is 0 Å². The predicted molar refractivity (Wildman–Crippen MR) is 50.4 cm³/mol. The van der Waals surface area contributed by atoms with Gasteiger partial charge in [-0.3, -0.25) is 0 Å². The van der Waals surface area contributed by atoms with Crippen molar-refractivity contribution in [3.8, 4) is 0 Å². The molecule has 0 rings (SSSR count). The Bertz CT molecular complexity index is 98.8. The van der Waals surface area contributed by atoms with Gasteiger partial charge in [0.05, 0.1) is 8.07 Å². The summed E-state index contributed by atoms with van der Waals surface area (Å²) in [5.74, 6) is 0. The Hall–Kier alpha value is 0.137. The smallest absolute Gasteiger partial charge is 0.0529 e. The zero-order valence-electron chi connectivity index (χ0n) is 7.76. The lowest BCUT2D eigenvalue weighted by Gasteiger charge is -2.26. The molecule has 2 nitrogen and oxygen atoms in total. The van der Waals surface area contributed by atoms with Gasteiger partial charge in [0.25, 0.3) is 0 Å². The van der Waals surface area contributed by atoms with Crippen LogP contribution < -0.4 is 0 Å². The van der Waals surface area contributed by atoms with Crippen LogP contribution in [0, 0.1) is 6.92 Å². The Labute approximate surface area is 70.6 Å². The van der Waals surface area contributed by atoms with Crippen molar-refractivity contribution in [3.05, 3.63) is 6.92 Å². The van der Waals surface area contributed by atoms with E-state index < -0.39 is 8.07 Å². The minimum atomic E-state index is -1.23. The Balaban J connectivity index is 3.76. The van der Waals surface area contributed by atoms with Crippen LogP contribution in [0.2, 0.25) is 25.2 Å². The minimum absolute atomic E-state index is 0.246. The second-order valence-electron chi connectivity index (χ2n) is 3.82. The largest absolute Gasteiger partial charge is 0.396 e. The van der Waals surface area contributed by atoms with Gasteiger partial charge in [-0.05, 0) is 6.92 Å². The molecule has 1 unspecified atom stereocenters. The molecule has 0 aromatic rings. The highest BCUT2D eigenvalue weighted by Crippen LogP contribution is 2.20. The van der Waals surface area contributed by atoms with Crippen LogP contribution in [0.25, 0.3) is 0 Å². The summed E-state index contributed by atoms with van der Waals surface area (Å²) in [5, 5.41) is 9.02. The monoisotopic (exact) mass is 175 g/mol. The van der Waals surface area contributed by atoms with Gasteiger partial charge < -0.3 is 9.84 Å². The molecule has 3 heteroatoms. The van der Waals surface area contributed by atoms with Crippen LogP contribution in [0.3, 0.4) is 0 Å². The second kappa shape index (κ2) is 4.90. The zero-order valence-corrected chi connectivity index (χ0v) is 8.76. The molecule has 1 N–H and O–H groups in total. The fraction of sp³-hybridized carbons (Fsp3) is 0.875. The first kappa shape index (κ1) is 11.1. The highest BCUT2D eigenvalue weighted by molar-refractivity contribution is 6.77. The summed E-state index contributed by atoms with van der Waals surface area (Å²) in [4.78, 5) is 0. The van der Waals surface area contributed by atoms with Crippen molar-refractivity contribution in [2.45, 2.75) is 25.2 Å². The zero-order chi connectivity index (χ0) is 8.91. The molecule has 0 aliphatic heterocycles. The molecule has 0 spiro atoms. The first-order valence-electron chi connectivity index (χ1n) is 4.00. The maximum Gasteiger partial charge on any atom is 0.0529 e. The number of rotatable bonds is 5. The van der Waals surface area contributed by atoms with Gasteiger partial charge >= 0.3 is 0 Å². The number of aliphatic hydroxyl groups excluding tert-OH is 1. The fourth-order valence-corrected chi connectivity index (χ4v) is 1.97. The Morgan fingerprint density at radius 2 is 2.00 bits per heavy atom. The molecule has 11 heavy (non-hydrogen) atoms. The SMILES string of the molecule is [CH2]COCC(CO)[Si](C)(C)C. The Kier molecular flexibility index (Phi) is 4.96. The van der Waals surface area contributed by atoms with E-state index in [4.69, 9.17) is 9.84 Å². The molecule has 1 radical (unpaired) electrons. The standard InChI is InChI=1S/C8H19O2Si/c1-5-10-7-8(6-9)11(2,3)4/h8-9H,1,5-7H2,2-4H3. The predicted octanol–water partition coefficient (Wildman–Crippen LogP) is 1.54. The third-order valence-corrected chi connectivity index (χ3v) is 4.71. The topological polar surface area (TPSA) is 29.5 Å². The summed E-state index contributed by atoms with van der Waals surface area (Å²) < 4.78 is 5.18. The molecule has 0 bridgehead atoms. The lowest BCUT2D eigenvalue weighted by atomic mass is 10.5. The summed E-state index contributed by atoms with van der Waals surface area (Å²) in [6, 6.07) is 0.